The van der Waals surface area contributed by atoms with E-state index >= 15 is 0 Å². The van der Waals surface area contributed by atoms with Crippen LogP contribution in [-0.4, -0.2) is 52.0 Å². The highest BCUT2D eigenvalue weighted by molar-refractivity contribution is 6.18. The van der Waals surface area contributed by atoms with Crippen molar-refractivity contribution >= 4 is 23.6 Å². The smallest absolute Gasteiger partial charge is 0.412 e. The van der Waals surface area contributed by atoms with Crippen molar-refractivity contribution in [3.8, 4) is 0 Å². The highest BCUT2D eigenvalue weighted by atomic mass is 35.5. The quantitative estimate of drug-likeness (QED) is 0.729. The van der Waals surface area contributed by atoms with Gasteiger partial charge < -0.3 is 9.64 Å². The summed E-state index contributed by atoms with van der Waals surface area (Å²) in [7, 11) is 1.75. The number of carbonyl (C=O) groups excluding carboxylic acids is 2. The molecule has 0 aromatic heterocycles. The van der Waals surface area contributed by atoms with Gasteiger partial charge in [0.05, 0.1) is 0 Å². The Bertz CT molecular complexity index is 467. The van der Waals surface area contributed by atoms with E-state index in [4.69, 9.17) is 16.3 Å². The Kier molecular flexibility index (Phi) is 5.67. The lowest BCUT2D eigenvalue weighted by Gasteiger charge is -2.42. The van der Waals surface area contributed by atoms with Crippen LogP contribution in [0.25, 0.3) is 0 Å². The fourth-order valence-electron chi connectivity index (χ4n) is 3.39. The maximum atomic E-state index is 13.0. The molecule has 134 valence electrons. The molecule has 0 aromatic rings. The van der Waals surface area contributed by atoms with Crippen LogP contribution in [0.4, 0.5) is 4.79 Å². The number of ether oxygens (including phenoxy) is 1. The largest absolute Gasteiger partial charge is 0.444 e. The Morgan fingerprint density at radius 1 is 1.26 bits per heavy atom. The summed E-state index contributed by atoms with van der Waals surface area (Å²) in [6, 6.07) is 0. The molecule has 0 bridgehead atoms. The van der Waals surface area contributed by atoms with Crippen molar-refractivity contribution in [3.05, 3.63) is 0 Å². The molecule has 0 saturated carbocycles. The predicted molar refractivity (Wildman–Crippen MR) is 92.4 cm³/mol. The second kappa shape index (κ2) is 6.50. The topological polar surface area (TPSA) is 49.9 Å². The van der Waals surface area contributed by atoms with Gasteiger partial charge >= 0.3 is 6.09 Å². The maximum absolute atomic E-state index is 13.0. The van der Waals surface area contributed by atoms with Gasteiger partial charge in [-0.05, 0) is 33.6 Å². The molecular weight excluding hydrogens is 316 g/mol. The summed E-state index contributed by atoms with van der Waals surface area (Å²) in [5, 5.41) is 0. The van der Waals surface area contributed by atoms with E-state index in [1.807, 2.05) is 48.5 Å². The summed E-state index contributed by atoms with van der Waals surface area (Å²) >= 11 is 5.98. The molecule has 0 aromatic carbocycles. The fraction of sp³-hybridized carbons (Fsp3) is 0.882. The Morgan fingerprint density at radius 2 is 1.78 bits per heavy atom. The van der Waals surface area contributed by atoms with Crippen LogP contribution in [0, 0.1) is 5.41 Å². The molecule has 6 heteroatoms. The number of nitrogens with zero attached hydrogens (tertiary/aromatic N) is 2. The second-order valence-electron chi connectivity index (χ2n) is 8.33. The van der Waals surface area contributed by atoms with Crippen molar-refractivity contribution < 1.29 is 14.3 Å². The normalized spacial score (nSPS) is 26.0. The molecule has 0 spiro atoms. The van der Waals surface area contributed by atoms with E-state index in [0.717, 1.165) is 0 Å². The summed E-state index contributed by atoms with van der Waals surface area (Å²) in [5.74, 6) is 0.246. The zero-order valence-corrected chi connectivity index (χ0v) is 16.5. The van der Waals surface area contributed by atoms with Crippen molar-refractivity contribution in [2.24, 2.45) is 5.41 Å². The first-order valence-corrected chi connectivity index (χ1v) is 8.71. The van der Waals surface area contributed by atoms with Gasteiger partial charge in [-0.25, -0.2) is 4.79 Å². The Balaban J connectivity index is 3.43. The number of alkyl halides is 1. The zero-order valence-electron chi connectivity index (χ0n) is 15.7. The average molecular weight is 347 g/mol. The second-order valence-corrected chi connectivity index (χ2v) is 8.71. The van der Waals surface area contributed by atoms with Gasteiger partial charge in [-0.2, -0.15) is 0 Å². The van der Waals surface area contributed by atoms with Crippen LogP contribution in [0.2, 0.25) is 0 Å². The fourth-order valence-corrected chi connectivity index (χ4v) is 3.70. The average Bonchev–Trinajstić information content (AvgIpc) is 2.59. The van der Waals surface area contributed by atoms with E-state index in [-0.39, 0.29) is 17.5 Å². The summed E-state index contributed by atoms with van der Waals surface area (Å²) in [4.78, 5) is 29.2. The van der Waals surface area contributed by atoms with Gasteiger partial charge in [0.1, 0.15) is 17.3 Å². The third-order valence-electron chi connectivity index (χ3n) is 4.25. The van der Waals surface area contributed by atoms with Crippen molar-refractivity contribution in [3.63, 3.8) is 0 Å². The first-order valence-electron chi connectivity index (χ1n) is 8.17. The van der Waals surface area contributed by atoms with Crippen LogP contribution in [-0.2, 0) is 9.53 Å². The first kappa shape index (κ1) is 20.1. The summed E-state index contributed by atoms with van der Waals surface area (Å²) in [6.07, 6.45) is 0.101. The van der Waals surface area contributed by atoms with E-state index in [1.165, 1.54) is 0 Å². The lowest BCUT2D eigenvalue weighted by molar-refractivity contribution is -0.133. The maximum Gasteiger partial charge on any atom is 0.412 e. The molecule has 1 rings (SSSR count). The number of rotatable bonds is 3. The van der Waals surface area contributed by atoms with Crippen LogP contribution < -0.4 is 0 Å². The summed E-state index contributed by atoms with van der Waals surface area (Å²) in [5.41, 5.74) is -1.86. The minimum absolute atomic E-state index is 0.0635. The number of hydrogen-bond acceptors (Lipinski definition) is 3. The lowest BCUT2D eigenvalue weighted by Crippen LogP contribution is -2.57. The lowest BCUT2D eigenvalue weighted by atomic mass is 9.88. The van der Waals surface area contributed by atoms with Crippen LogP contribution >= 0.6 is 11.6 Å². The van der Waals surface area contributed by atoms with Crippen LogP contribution in [0.15, 0.2) is 0 Å². The zero-order chi connectivity index (χ0) is 18.2. The Morgan fingerprint density at radius 3 is 2.13 bits per heavy atom. The summed E-state index contributed by atoms with van der Waals surface area (Å²) in [6.45, 7) is 13.5. The number of amides is 2. The van der Waals surface area contributed by atoms with Gasteiger partial charge in [-0.3, -0.25) is 9.69 Å². The SMILES string of the molecule is CCC1(CCCl)C(=O)N(C)C(C(C)(C)C)N1C(=O)OC(C)(C)C. The molecule has 1 saturated heterocycles. The molecule has 0 radical (unpaired) electrons. The Labute approximate surface area is 145 Å². The van der Waals surface area contributed by atoms with Gasteiger partial charge in [0.2, 0.25) is 5.91 Å². The molecule has 1 aliphatic rings. The summed E-state index contributed by atoms with van der Waals surface area (Å²) < 4.78 is 5.61. The third kappa shape index (κ3) is 3.76. The number of halogens is 1. The van der Waals surface area contributed by atoms with E-state index in [0.29, 0.717) is 18.7 Å². The molecular formula is C17H31ClN2O3. The monoisotopic (exact) mass is 346 g/mol. The molecule has 1 aliphatic heterocycles. The van der Waals surface area contributed by atoms with E-state index in [1.54, 1.807) is 16.8 Å². The highest BCUT2D eigenvalue weighted by Crippen LogP contribution is 2.43. The molecule has 1 heterocycles. The molecule has 2 amide bonds. The van der Waals surface area contributed by atoms with Gasteiger partial charge in [0.25, 0.3) is 0 Å². The van der Waals surface area contributed by atoms with Crippen LogP contribution in [0.3, 0.4) is 0 Å². The third-order valence-corrected chi connectivity index (χ3v) is 4.44. The molecule has 5 nitrogen and oxygen atoms in total. The van der Waals surface area contributed by atoms with Crippen molar-refractivity contribution in [2.45, 2.75) is 78.6 Å². The van der Waals surface area contributed by atoms with Gasteiger partial charge in [-0.15, -0.1) is 11.6 Å². The standard InChI is InChI=1S/C17H31ClN2O3/c1-9-17(10-11-18)13(21)19(8)12(15(2,3)4)20(17)14(22)23-16(5,6)7/h12H,9-11H2,1-8H3. The molecule has 2 atom stereocenters. The van der Waals surface area contributed by atoms with E-state index in [9.17, 15) is 9.59 Å². The van der Waals surface area contributed by atoms with Crippen molar-refractivity contribution in [2.75, 3.05) is 12.9 Å². The molecule has 1 fully saturated rings. The molecule has 0 N–H and O–H groups in total. The van der Waals surface area contributed by atoms with E-state index < -0.39 is 17.2 Å². The number of likely N-dealkylation sites (N-methyl/N-ethyl adjacent to an activating group) is 1. The number of carbonyl (C=O) groups is 2. The highest BCUT2D eigenvalue weighted by Gasteiger charge is 2.60. The number of hydrogen-bond donors (Lipinski definition) is 0. The van der Waals surface area contributed by atoms with Crippen LogP contribution in [0.5, 0.6) is 0 Å². The van der Waals surface area contributed by atoms with Crippen molar-refractivity contribution in [1.82, 2.24) is 9.80 Å². The minimum Gasteiger partial charge on any atom is -0.444 e. The molecule has 0 aliphatic carbocycles. The van der Waals surface area contributed by atoms with Crippen LogP contribution in [0.1, 0.15) is 61.3 Å². The minimum atomic E-state index is -0.934. The predicted octanol–water partition coefficient (Wildman–Crippen LogP) is 3.85. The molecule has 23 heavy (non-hydrogen) atoms. The van der Waals surface area contributed by atoms with E-state index in [2.05, 4.69) is 0 Å². The van der Waals surface area contributed by atoms with Gasteiger partial charge in [0, 0.05) is 18.3 Å². The van der Waals surface area contributed by atoms with Crippen molar-refractivity contribution in [1.29, 1.82) is 0 Å². The molecule has 2 unspecified atom stereocenters. The Hall–Kier alpha value is -0.970. The van der Waals surface area contributed by atoms with Gasteiger partial charge in [0.15, 0.2) is 0 Å². The first-order chi connectivity index (χ1) is 10.3. The van der Waals surface area contributed by atoms with Gasteiger partial charge in [-0.1, -0.05) is 27.7 Å².